The van der Waals surface area contributed by atoms with Crippen molar-refractivity contribution in [3.8, 4) is 28.5 Å². The fourth-order valence-electron chi connectivity index (χ4n) is 4.47. The lowest BCUT2D eigenvalue weighted by molar-refractivity contribution is 0.425. The first-order valence-electron chi connectivity index (χ1n) is 11.0. The largest absolute Gasteiger partial charge is 0.418 e. The van der Waals surface area contributed by atoms with Crippen LogP contribution in [0.5, 0.6) is 0 Å². The van der Waals surface area contributed by atoms with Crippen molar-refractivity contribution >= 4 is 23.2 Å². The van der Waals surface area contributed by atoms with E-state index in [1.54, 1.807) is 22.8 Å². The normalized spacial score (nSPS) is 14.6. The van der Waals surface area contributed by atoms with E-state index in [1.165, 1.54) is 18.2 Å². The molecule has 1 aliphatic carbocycles. The molecule has 2 heterocycles. The highest BCUT2D eigenvalue weighted by Gasteiger charge is 2.31. The van der Waals surface area contributed by atoms with Crippen molar-refractivity contribution in [2.24, 2.45) is 5.73 Å². The smallest absolute Gasteiger partial charge is 0.268 e. The number of hydrogen-bond acceptors (Lipinski definition) is 5. The van der Waals surface area contributed by atoms with Gasteiger partial charge in [0.15, 0.2) is 11.5 Å². The van der Waals surface area contributed by atoms with Gasteiger partial charge in [0, 0.05) is 11.5 Å². The minimum absolute atomic E-state index is 0.0198. The van der Waals surface area contributed by atoms with Crippen LogP contribution in [0.3, 0.4) is 0 Å². The lowest BCUT2D eigenvalue weighted by Crippen LogP contribution is -2.13. The molecule has 0 aliphatic heterocycles. The lowest BCUT2D eigenvalue weighted by atomic mass is 9.88. The predicted octanol–water partition coefficient (Wildman–Crippen LogP) is 6.68. The summed E-state index contributed by atoms with van der Waals surface area (Å²) in [5, 5.41) is 7.98. The molecule has 2 aromatic heterocycles. The van der Waals surface area contributed by atoms with Gasteiger partial charge < -0.3 is 10.2 Å². The van der Waals surface area contributed by atoms with E-state index in [2.05, 4.69) is 10.2 Å². The Labute approximate surface area is 204 Å². The van der Waals surface area contributed by atoms with Crippen molar-refractivity contribution in [2.75, 3.05) is 0 Å². The fraction of sp³-hybridized carbons (Fsp3) is 0.292. The van der Waals surface area contributed by atoms with Gasteiger partial charge in [-0.2, -0.15) is 0 Å². The van der Waals surface area contributed by atoms with Crippen molar-refractivity contribution in [3.63, 3.8) is 0 Å². The minimum Gasteiger partial charge on any atom is -0.418 e. The van der Waals surface area contributed by atoms with Crippen LogP contribution in [0, 0.1) is 11.6 Å². The van der Waals surface area contributed by atoms with Gasteiger partial charge in [-0.1, -0.05) is 48.5 Å². The summed E-state index contributed by atoms with van der Waals surface area (Å²) < 4.78 is 36.9. The third kappa shape index (κ3) is 4.10. The first-order chi connectivity index (χ1) is 16.5. The van der Waals surface area contributed by atoms with Crippen LogP contribution < -0.4 is 5.73 Å². The number of nitrogens with two attached hydrogens (primary N) is 1. The third-order valence-electron chi connectivity index (χ3n) is 6.08. The molecule has 0 radical (unpaired) electrons. The molecule has 10 heteroatoms. The highest BCUT2D eigenvalue weighted by Crippen LogP contribution is 2.42. The molecule has 0 unspecified atom stereocenters. The Balaban J connectivity index is 1.85. The maximum atomic E-state index is 15.4. The molecule has 1 aliphatic rings. The van der Waals surface area contributed by atoms with E-state index in [4.69, 9.17) is 38.3 Å². The number of nitrogens with zero attached hydrogens (tertiary/aromatic N) is 4. The van der Waals surface area contributed by atoms with E-state index in [9.17, 15) is 4.39 Å². The maximum absolute atomic E-state index is 15.4. The molecule has 0 atom stereocenters. The summed E-state index contributed by atoms with van der Waals surface area (Å²) in [4.78, 5) is 4.91. The number of halogens is 4. The molecule has 4 aromatic rings. The van der Waals surface area contributed by atoms with Gasteiger partial charge in [-0.15, -0.1) is 10.2 Å². The third-order valence-corrected chi connectivity index (χ3v) is 6.66. The number of aromatic nitrogens is 4. The zero-order valence-electron chi connectivity index (χ0n) is 18.1. The topological polar surface area (TPSA) is 82.8 Å². The van der Waals surface area contributed by atoms with E-state index >= 15 is 4.39 Å². The second-order valence-electron chi connectivity index (χ2n) is 8.24. The van der Waals surface area contributed by atoms with Crippen molar-refractivity contribution in [2.45, 2.75) is 44.6 Å². The van der Waals surface area contributed by atoms with Crippen molar-refractivity contribution in [1.82, 2.24) is 19.7 Å². The molecule has 5 rings (SSSR count). The van der Waals surface area contributed by atoms with Gasteiger partial charge in [-0.25, -0.2) is 13.8 Å². The Kier molecular flexibility index (Phi) is 6.38. The molecule has 0 saturated heterocycles. The van der Waals surface area contributed by atoms with Crippen LogP contribution in [0.2, 0.25) is 10.0 Å². The van der Waals surface area contributed by atoms with Crippen molar-refractivity contribution in [3.05, 3.63) is 69.8 Å². The molecule has 34 heavy (non-hydrogen) atoms. The Bertz CT molecular complexity index is 1350. The van der Waals surface area contributed by atoms with Gasteiger partial charge in [0.05, 0.1) is 28.0 Å². The molecule has 0 bridgehead atoms. The van der Waals surface area contributed by atoms with Crippen molar-refractivity contribution in [1.29, 1.82) is 0 Å². The van der Waals surface area contributed by atoms with Gasteiger partial charge in [0.25, 0.3) is 5.89 Å². The first-order valence-corrected chi connectivity index (χ1v) is 11.8. The maximum Gasteiger partial charge on any atom is 0.268 e. The number of imidazole rings is 1. The monoisotopic (exact) mass is 503 g/mol. The number of benzene rings is 2. The molecule has 1 fully saturated rings. The molecule has 176 valence electrons. The quantitative estimate of drug-likeness (QED) is 0.328. The van der Waals surface area contributed by atoms with Crippen LogP contribution in [0.4, 0.5) is 8.78 Å². The molecule has 2 aromatic carbocycles. The minimum atomic E-state index is -0.590. The van der Waals surface area contributed by atoms with E-state index in [0.717, 1.165) is 32.1 Å². The summed E-state index contributed by atoms with van der Waals surface area (Å²) in [5.74, 6) is -0.0586. The van der Waals surface area contributed by atoms with Crippen LogP contribution in [-0.4, -0.2) is 19.7 Å². The van der Waals surface area contributed by atoms with Crippen LogP contribution in [0.1, 0.15) is 49.7 Å². The molecule has 6 nitrogen and oxygen atoms in total. The van der Waals surface area contributed by atoms with Crippen LogP contribution in [0.25, 0.3) is 28.5 Å². The van der Waals surface area contributed by atoms with Gasteiger partial charge in [0.1, 0.15) is 11.6 Å². The standard InChI is InChI=1S/C24H21Cl2F2N5O/c25-15-7-4-8-18(20(15)28)33-22(14-9-10-17(27)16(26)11-14)21(24-32-31-19(12-29)34-24)30-23(33)13-5-2-1-3-6-13/h4,7-11,13H,1-3,5-6,12,29H2. The Morgan fingerprint density at radius 3 is 2.53 bits per heavy atom. The van der Waals surface area contributed by atoms with E-state index in [0.29, 0.717) is 22.8 Å². The summed E-state index contributed by atoms with van der Waals surface area (Å²) >= 11 is 12.3. The summed E-state index contributed by atoms with van der Waals surface area (Å²) in [6, 6.07) is 9.08. The lowest BCUT2D eigenvalue weighted by Gasteiger charge is -2.23. The molecule has 1 saturated carbocycles. The van der Waals surface area contributed by atoms with Crippen LogP contribution >= 0.6 is 23.2 Å². The van der Waals surface area contributed by atoms with Gasteiger partial charge >= 0.3 is 0 Å². The molecule has 0 spiro atoms. The van der Waals surface area contributed by atoms with E-state index < -0.39 is 11.6 Å². The summed E-state index contributed by atoms with van der Waals surface area (Å²) in [5.41, 5.74) is 7.20. The average Bonchev–Trinajstić information content (AvgIpc) is 3.48. The summed E-state index contributed by atoms with van der Waals surface area (Å²) in [7, 11) is 0. The molecule has 0 amide bonds. The van der Waals surface area contributed by atoms with Gasteiger partial charge in [-0.05, 0) is 43.2 Å². The Morgan fingerprint density at radius 2 is 1.82 bits per heavy atom. The Hall–Kier alpha value is -2.81. The summed E-state index contributed by atoms with van der Waals surface area (Å²) in [6.45, 7) is 0.0593. The average molecular weight is 504 g/mol. The van der Waals surface area contributed by atoms with Crippen LogP contribution in [0.15, 0.2) is 40.8 Å². The van der Waals surface area contributed by atoms with E-state index in [-0.39, 0.29) is 40.0 Å². The number of rotatable bonds is 5. The predicted molar refractivity (Wildman–Crippen MR) is 126 cm³/mol. The SMILES string of the molecule is NCc1nnc(-c2nc(C3CCCCC3)n(-c3cccc(Cl)c3F)c2-c2ccc(F)c(Cl)c2)o1. The zero-order valence-corrected chi connectivity index (χ0v) is 19.6. The highest BCUT2D eigenvalue weighted by molar-refractivity contribution is 6.31. The van der Waals surface area contributed by atoms with E-state index in [1.807, 2.05) is 0 Å². The van der Waals surface area contributed by atoms with Gasteiger partial charge in [-0.3, -0.25) is 4.57 Å². The van der Waals surface area contributed by atoms with Crippen LogP contribution in [-0.2, 0) is 6.54 Å². The zero-order chi connectivity index (χ0) is 23.8. The second-order valence-corrected chi connectivity index (χ2v) is 9.06. The molecular formula is C24H21Cl2F2N5O. The summed E-state index contributed by atoms with van der Waals surface area (Å²) in [6.07, 6.45) is 5.03. The fourth-order valence-corrected chi connectivity index (χ4v) is 4.82. The number of hydrogen-bond donors (Lipinski definition) is 1. The second kappa shape index (κ2) is 9.44. The first kappa shape index (κ1) is 23.0. The molecular weight excluding hydrogens is 483 g/mol. The molecule has 2 N–H and O–H groups in total. The highest BCUT2D eigenvalue weighted by atomic mass is 35.5. The Morgan fingerprint density at radius 1 is 1.03 bits per heavy atom. The van der Waals surface area contributed by atoms with Crippen molar-refractivity contribution < 1.29 is 13.2 Å². The van der Waals surface area contributed by atoms with Gasteiger partial charge in [0.2, 0.25) is 5.89 Å².